The molecule has 0 radical (unpaired) electrons. The number of alkyl halides is 1. The van der Waals surface area contributed by atoms with Crippen molar-refractivity contribution in [3.8, 4) is 0 Å². The topological polar surface area (TPSA) is 20.3 Å². The van der Waals surface area contributed by atoms with Crippen LogP contribution in [0.2, 0.25) is 0 Å². The van der Waals surface area contributed by atoms with Gasteiger partial charge in [-0.25, -0.2) is 0 Å². The van der Waals surface area contributed by atoms with E-state index in [1.54, 1.807) is 11.8 Å². The van der Waals surface area contributed by atoms with Crippen LogP contribution in [0.5, 0.6) is 0 Å². The first-order valence-corrected chi connectivity index (χ1v) is 7.18. The molecule has 1 heterocycles. The Morgan fingerprint density at radius 2 is 2.12 bits per heavy atom. The largest absolute Gasteiger partial charge is 0.340 e. The second-order valence-corrected chi connectivity index (χ2v) is 6.09. The monoisotopic (exact) mass is 269 g/mol. The standard InChI is InChI=1S/C13H16ClNOS/c1-10-2-4-12(5-3-10)17-7-6-15-9-11(14)8-13(15)16/h2-5,11H,6-9H2,1H3. The molecule has 1 aromatic rings. The van der Waals surface area contributed by atoms with Gasteiger partial charge in [0.05, 0.1) is 5.38 Å². The first kappa shape index (κ1) is 12.8. The summed E-state index contributed by atoms with van der Waals surface area (Å²) < 4.78 is 0. The van der Waals surface area contributed by atoms with E-state index in [1.807, 2.05) is 4.90 Å². The molecule has 2 nitrogen and oxygen atoms in total. The molecule has 1 atom stereocenters. The van der Waals surface area contributed by atoms with Gasteiger partial charge >= 0.3 is 0 Å². The Bertz CT molecular complexity index is 393. The molecular formula is C13H16ClNOS. The normalized spacial score (nSPS) is 20.0. The molecule has 17 heavy (non-hydrogen) atoms. The van der Waals surface area contributed by atoms with Crippen molar-refractivity contribution < 1.29 is 4.79 Å². The summed E-state index contributed by atoms with van der Waals surface area (Å²) in [5.41, 5.74) is 1.27. The van der Waals surface area contributed by atoms with Crippen LogP contribution in [0.4, 0.5) is 0 Å². The molecule has 0 aliphatic carbocycles. The number of aryl methyl sites for hydroxylation is 1. The lowest BCUT2D eigenvalue weighted by Crippen LogP contribution is -2.27. The number of amides is 1. The fourth-order valence-electron chi connectivity index (χ4n) is 1.85. The Labute approximate surface area is 111 Å². The zero-order valence-corrected chi connectivity index (χ0v) is 11.4. The second-order valence-electron chi connectivity index (χ2n) is 4.30. The third kappa shape index (κ3) is 3.65. The van der Waals surface area contributed by atoms with Crippen LogP contribution in [-0.2, 0) is 4.79 Å². The fourth-order valence-corrected chi connectivity index (χ4v) is 3.02. The highest BCUT2D eigenvalue weighted by atomic mass is 35.5. The molecule has 1 aliphatic rings. The summed E-state index contributed by atoms with van der Waals surface area (Å²) in [6, 6.07) is 8.46. The van der Waals surface area contributed by atoms with Gasteiger partial charge in [-0.2, -0.15) is 0 Å². The number of hydrogen-bond acceptors (Lipinski definition) is 2. The van der Waals surface area contributed by atoms with Crippen LogP contribution >= 0.6 is 23.4 Å². The molecule has 1 aromatic carbocycles. The molecule has 92 valence electrons. The number of halogens is 1. The number of carbonyl (C=O) groups is 1. The highest BCUT2D eigenvalue weighted by Gasteiger charge is 2.27. The predicted molar refractivity (Wildman–Crippen MR) is 72.7 cm³/mol. The summed E-state index contributed by atoms with van der Waals surface area (Å²) in [6.07, 6.45) is 0.497. The average Bonchev–Trinajstić information content (AvgIpc) is 2.60. The van der Waals surface area contributed by atoms with Gasteiger partial charge in [0.15, 0.2) is 0 Å². The Morgan fingerprint density at radius 3 is 2.71 bits per heavy atom. The molecule has 4 heteroatoms. The van der Waals surface area contributed by atoms with Crippen LogP contribution in [-0.4, -0.2) is 35.0 Å². The van der Waals surface area contributed by atoms with Crippen LogP contribution < -0.4 is 0 Å². The molecule has 0 saturated carbocycles. The lowest BCUT2D eigenvalue weighted by molar-refractivity contribution is -0.127. The first-order chi connectivity index (χ1) is 8.15. The van der Waals surface area contributed by atoms with Crippen LogP contribution in [0.25, 0.3) is 0 Å². The maximum atomic E-state index is 11.5. The number of hydrogen-bond donors (Lipinski definition) is 0. The lowest BCUT2D eigenvalue weighted by atomic mass is 10.2. The number of rotatable bonds is 4. The summed E-state index contributed by atoms with van der Waals surface area (Å²) in [6.45, 7) is 3.58. The van der Waals surface area contributed by atoms with E-state index in [0.717, 1.165) is 12.3 Å². The molecular weight excluding hydrogens is 254 g/mol. The zero-order chi connectivity index (χ0) is 12.3. The summed E-state index contributed by atoms with van der Waals surface area (Å²) in [5, 5.41) is 0.00637. The van der Waals surface area contributed by atoms with Crippen LogP contribution in [0, 0.1) is 6.92 Å². The summed E-state index contributed by atoms with van der Waals surface area (Å²) in [7, 11) is 0. The third-order valence-electron chi connectivity index (χ3n) is 2.82. The van der Waals surface area contributed by atoms with E-state index in [-0.39, 0.29) is 11.3 Å². The van der Waals surface area contributed by atoms with Crippen molar-refractivity contribution in [2.24, 2.45) is 0 Å². The Kier molecular flexibility index (Phi) is 4.35. The van der Waals surface area contributed by atoms with E-state index in [9.17, 15) is 4.79 Å². The maximum absolute atomic E-state index is 11.5. The number of nitrogens with zero attached hydrogens (tertiary/aromatic N) is 1. The molecule has 2 rings (SSSR count). The molecule has 1 unspecified atom stereocenters. The van der Waals surface area contributed by atoms with Crippen molar-refractivity contribution in [3.63, 3.8) is 0 Å². The number of likely N-dealkylation sites (tertiary alicyclic amines) is 1. The van der Waals surface area contributed by atoms with E-state index in [2.05, 4.69) is 31.2 Å². The van der Waals surface area contributed by atoms with Crippen molar-refractivity contribution in [1.82, 2.24) is 4.90 Å². The van der Waals surface area contributed by atoms with E-state index in [4.69, 9.17) is 11.6 Å². The first-order valence-electron chi connectivity index (χ1n) is 5.76. The van der Waals surface area contributed by atoms with Crippen molar-refractivity contribution in [2.45, 2.75) is 23.6 Å². The van der Waals surface area contributed by atoms with Gasteiger partial charge in [0, 0.05) is 30.2 Å². The Morgan fingerprint density at radius 1 is 1.41 bits per heavy atom. The molecule has 1 aliphatic heterocycles. The van der Waals surface area contributed by atoms with E-state index in [0.29, 0.717) is 13.0 Å². The molecule has 1 fully saturated rings. The Balaban J connectivity index is 1.76. The summed E-state index contributed by atoms with van der Waals surface area (Å²) in [5.74, 6) is 1.12. The highest BCUT2D eigenvalue weighted by Crippen LogP contribution is 2.21. The lowest BCUT2D eigenvalue weighted by Gasteiger charge is -2.15. The summed E-state index contributed by atoms with van der Waals surface area (Å²) >= 11 is 7.73. The predicted octanol–water partition coefficient (Wildman–Crippen LogP) is 2.93. The van der Waals surface area contributed by atoms with Gasteiger partial charge in [-0.1, -0.05) is 17.7 Å². The molecule has 1 saturated heterocycles. The fraction of sp³-hybridized carbons (Fsp3) is 0.462. The maximum Gasteiger partial charge on any atom is 0.224 e. The van der Waals surface area contributed by atoms with Gasteiger partial charge < -0.3 is 4.90 Å². The molecule has 1 amide bonds. The van der Waals surface area contributed by atoms with Crippen molar-refractivity contribution in [3.05, 3.63) is 29.8 Å². The molecule has 0 bridgehead atoms. The van der Waals surface area contributed by atoms with E-state index < -0.39 is 0 Å². The van der Waals surface area contributed by atoms with Crippen molar-refractivity contribution in [2.75, 3.05) is 18.8 Å². The van der Waals surface area contributed by atoms with E-state index in [1.165, 1.54) is 10.5 Å². The SMILES string of the molecule is Cc1ccc(SCCN2CC(Cl)CC2=O)cc1. The highest BCUT2D eigenvalue weighted by molar-refractivity contribution is 7.99. The summed E-state index contributed by atoms with van der Waals surface area (Å²) in [4.78, 5) is 14.6. The van der Waals surface area contributed by atoms with Gasteiger partial charge in [0.2, 0.25) is 5.91 Å². The molecule has 0 N–H and O–H groups in total. The van der Waals surface area contributed by atoms with Gasteiger partial charge in [-0.15, -0.1) is 23.4 Å². The smallest absolute Gasteiger partial charge is 0.224 e. The molecule has 0 aromatic heterocycles. The van der Waals surface area contributed by atoms with Crippen molar-refractivity contribution in [1.29, 1.82) is 0 Å². The van der Waals surface area contributed by atoms with E-state index >= 15 is 0 Å². The van der Waals surface area contributed by atoms with Crippen LogP contribution in [0.1, 0.15) is 12.0 Å². The molecule has 0 spiro atoms. The van der Waals surface area contributed by atoms with Crippen LogP contribution in [0.15, 0.2) is 29.2 Å². The number of thioether (sulfide) groups is 1. The third-order valence-corrected chi connectivity index (χ3v) is 4.10. The van der Waals surface area contributed by atoms with Gasteiger partial charge in [-0.05, 0) is 19.1 Å². The van der Waals surface area contributed by atoms with Gasteiger partial charge in [0.25, 0.3) is 0 Å². The second kappa shape index (κ2) is 5.78. The number of benzene rings is 1. The van der Waals surface area contributed by atoms with Crippen LogP contribution in [0.3, 0.4) is 0 Å². The van der Waals surface area contributed by atoms with Crippen molar-refractivity contribution >= 4 is 29.3 Å². The average molecular weight is 270 g/mol. The zero-order valence-electron chi connectivity index (χ0n) is 9.86. The minimum absolute atomic E-state index is 0.00637. The quantitative estimate of drug-likeness (QED) is 0.619. The number of carbonyl (C=O) groups excluding carboxylic acids is 1. The van der Waals surface area contributed by atoms with Gasteiger partial charge in [0.1, 0.15) is 0 Å². The Hall–Kier alpha value is -0.670. The minimum Gasteiger partial charge on any atom is -0.340 e. The minimum atomic E-state index is 0.00637. The van der Waals surface area contributed by atoms with Gasteiger partial charge in [-0.3, -0.25) is 4.79 Å².